The van der Waals surface area contributed by atoms with Gasteiger partial charge in [-0.3, -0.25) is 4.72 Å². The van der Waals surface area contributed by atoms with Crippen molar-refractivity contribution in [2.24, 2.45) is 0 Å². The first-order chi connectivity index (χ1) is 9.42. The normalized spacial score (nSPS) is 11.6. The molecule has 0 unspecified atom stereocenters. The van der Waals surface area contributed by atoms with Gasteiger partial charge in [-0.2, -0.15) is 8.42 Å². The van der Waals surface area contributed by atoms with Crippen molar-refractivity contribution in [2.45, 2.75) is 31.8 Å². The summed E-state index contributed by atoms with van der Waals surface area (Å²) >= 11 is 3.13. The number of anilines is 1. The van der Waals surface area contributed by atoms with E-state index in [1.54, 1.807) is 6.92 Å². The highest BCUT2D eigenvalue weighted by molar-refractivity contribution is 9.10. The van der Waals surface area contributed by atoms with E-state index in [9.17, 15) is 8.42 Å². The zero-order valence-corrected chi connectivity index (χ0v) is 13.4. The third-order valence-corrected chi connectivity index (χ3v) is 4.19. The maximum Gasteiger partial charge on any atom is 0.282 e. The number of aryl methyl sites for hydroxylation is 2. The second-order valence-electron chi connectivity index (χ2n) is 4.15. The topological polar surface area (TPSA) is 89.8 Å². The van der Waals surface area contributed by atoms with Gasteiger partial charge in [0.25, 0.3) is 10.0 Å². The van der Waals surface area contributed by atoms with Crippen molar-refractivity contribution in [3.63, 3.8) is 0 Å². The molecule has 0 bridgehead atoms. The highest BCUT2D eigenvalue weighted by Crippen LogP contribution is 2.14. The number of rotatable bonds is 5. The van der Waals surface area contributed by atoms with Crippen LogP contribution in [0.5, 0.6) is 0 Å². The fraction of sp³-hybridized carbons (Fsp3) is 0.364. The third kappa shape index (κ3) is 3.34. The standard InChI is InChI=1S/C11H14BrN5O2S/c1-3-4-17-7-11(15-8(17)2)20(18,19)16-10-6-13-9(12)5-14-10/h5-7H,3-4H2,1-2H3,(H,14,16). The molecule has 0 aliphatic rings. The van der Waals surface area contributed by atoms with Gasteiger partial charge in [0, 0.05) is 12.7 Å². The molecule has 2 rings (SSSR count). The van der Waals surface area contributed by atoms with Gasteiger partial charge in [0.15, 0.2) is 10.8 Å². The molecule has 0 fully saturated rings. The summed E-state index contributed by atoms with van der Waals surface area (Å²) in [5, 5.41) is -0.0202. The molecule has 0 saturated heterocycles. The molecular formula is C11H14BrN5O2S. The molecule has 7 nitrogen and oxygen atoms in total. The second kappa shape index (κ2) is 5.88. The van der Waals surface area contributed by atoms with E-state index in [0.717, 1.165) is 13.0 Å². The quantitative estimate of drug-likeness (QED) is 0.880. The van der Waals surface area contributed by atoms with Crippen LogP contribution in [0.3, 0.4) is 0 Å². The van der Waals surface area contributed by atoms with E-state index in [-0.39, 0.29) is 10.8 Å². The Labute approximate surface area is 125 Å². The van der Waals surface area contributed by atoms with Gasteiger partial charge in [-0.15, -0.1) is 0 Å². The molecule has 20 heavy (non-hydrogen) atoms. The first-order valence-electron chi connectivity index (χ1n) is 5.96. The summed E-state index contributed by atoms with van der Waals surface area (Å²) in [6, 6.07) is 0. The summed E-state index contributed by atoms with van der Waals surface area (Å²) in [6.45, 7) is 4.52. The Morgan fingerprint density at radius 2 is 2.10 bits per heavy atom. The van der Waals surface area contributed by atoms with Crippen LogP contribution in [-0.2, 0) is 16.6 Å². The zero-order valence-electron chi connectivity index (χ0n) is 11.0. The van der Waals surface area contributed by atoms with Crippen LogP contribution in [0.25, 0.3) is 0 Å². The molecule has 0 amide bonds. The minimum atomic E-state index is -3.75. The molecule has 2 aromatic rings. The van der Waals surface area contributed by atoms with E-state index in [4.69, 9.17) is 0 Å². The SMILES string of the molecule is CCCn1cc(S(=O)(=O)Nc2cnc(Br)cn2)nc1C. The Morgan fingerprint density at radius 3 is 2.70 bits per heavy atom. The van der Waals surface area contributed by atoms with Crippen LogP contribution in [0, 0.1) is 6.92 Å². The fourth-order valence-electron chi connectivity index (χ4n) is 1.63. The number of nitrogens with zero attached hydrogens (tertiary/aromatic N) is 4. The Hall–Kier alpha value is -1.48. The van der Waals surface area contributed by atoms with E-state index >= 15 is 0 Å². The summed E-state index contributed by atoms with van der Waals surface area (Å²) in [7, 11) is -3.75. The van der Waals surface area contributed by atoms with Gasteiger partial charge < -0.3 is 4.57 Å². The van der Waals surface area contributed by atoms with Crippen molar-refractivity contribution >= 4 is 31.8 Å². The van der Waals surface area contributed by atoms with Gasteiger partial charge in [-0.1, -0.05) is 6.92 Å². The molecule has 9 heteroatoms. The number of nitrogens with one attached hydrogen (secondary N) is 1. The predicted molar refractivity (Wildman–Crippen MR) is 77.8 cm³/mol. The van der Waals surface area contributed by atoms with E-state index in [1.165, 1.54) is 18.6 Å². The lowest BCUT2D eigenvalue weighted by molar-refractivity contribution is 0.597. The van der Waals surface area contributed by atoms with Crippen molar-refractivity contribution in [1.82, 2.24) is 19.5 Å². The van der Waals surface area contributed by atoms with Gasteiger partial charge in [-0.25, -0.2) is 15.0 Å². The molecule has 0 saturated carbocycles. The lowest BCUT2D eigenvalue weighted by Crippen LogP contribution is -2.14. The predicted octanol–water partition coefficient (Wildman–Crippen LogP) is 1.95. The summed E-state index contributed by atoms with van der Waals surface area (Å²) in [6.07, 6.45) is 5.17. The van der Waals surface area contributed by atoms with E-state index in [2.05, 4.69) is 35.6 Å². The van der Waals surface area contributed by atoms with E-state index in [0.29, 0.717) is 10.4 Å². The van der Waals surface area contributed by atoms with Crippen molar-refractivity contribution in [2.75, 3.05) is 4.72 Å². The maximum atomic E-state index is 12.2. The second-order valence-corrected chi connectivity index (χ2v) is 6.59. The summed E-state index contributed by atoms with van der Waals surface area (Å²) in [4.78, 5) is 11.9. The molecule has 2 heterocycles. The number of imidazole rings is 1. The van der Waals surface area contributed by atoms with Crippen LogP contribution in [0.1, 0.15) is 19.2 Å². The molecule has 0 aromatic carbocycles. The van der Waals surface area contributed by atoms with Gasteiger partial charge in [0.1, 0.15) is 10.4 Å². The van der Waals surface area contributed by atoms with E-state index in [1.807, 2.05) is 11.5 Å². The summed E-state index contributed by atoms with van der Waals surface area (Å²) in [5.41, 5.74) is 0. The summed E-state index contributed by atoms with van der Waals surface area (Å²) < 4.78 is 29.1. The fourth-order valence-corrected chi connectivity index (χ4v) is 2.84. The lowest BCUT2D eigenvalue weighted by Gasteiger charge is -2.03. The average molecular weight is 360 g/mol. The highest BCUT2D eigenvalue weighted by Gasteiger charge is 2.19. The highest BCUT2D eigenvalue weighted by atomic mass is 79.9. The molecule has 0 aliphatic heterocycles. The largest absolute Gasteiger partial charge is 0.334 e. The molecule has 0 radical (unpaired) electrons. The number of hydrogen-bond acceptors (Lipinski definition) is 5. The number of aromatic nitrogens is 4. The van der Waals surface area contributed by atoms with Crippen LogP contribution >= 0.6 is 15.9 Å². The first kappa shape index (κ1) is 14.9. The van der Waals surface area contributed by atoms with Crippen LogP contribution in [0.15, 0.2) is 28.2 Å². The Morgan fingerprint density at radius 1 is 1.35 bits per heavy atom. The number of hydrogen-bond donors (Lipinski definition) is 1. The minimum Gasteiger partial charge on any atom is -0.334 e. The van der Waals surface area contributed by atoms with E-state index < -0.39 is 10.0 Å². The first-order valence-corrected chi connectivity index (χ1v) is 8.24. The van der Waals surface area contributed by atoms with Crippen molar-refractivity contribution in [1.29, 1.82) is 0 Å². The molecule has 0 atom stereocenters. The maximum absolute atomic E-state index is 12.2. The third-order valence-electron chi connectivity index (χ3n) is 2.55. The van der Waals surface area contributed by atoms with Crippen LogP contribution in [0.4, 0.5) is 5.82 Å². The van der Waals surface area contributed by atoms with Crippen LogP contribution < -0.4 is 4.72 Å². The molecule has 1 N–H and O–H groups in total. The van der Waals surface area contributed by atoms with Gasteiger partial charge in [0.2, 0.25) is 0 Å². The molecular weight excluding hydrogens is 346 g/mol. The Balaban J connectivity index is 2.26. The molecule has 108 valence electrons. The molecule has 0 spiro atoms. The Bertz CT molecular complexity index is 696. The van der Waals surface area contributed by atoms with Crippen molar-refractivity contribution < 1.29 is 8.42 Å². The van der Waals surface area contributed by atoms with Gasteiger partial charge in [-0.05, 0) is 29.3 Å². The lowest BCUT2D eigenvalue weighted by atomic mass is 10.5. The Kier molecular flexibility index (Phi) is 4.39. The van der Waals surface area contributed by atoms with Gasteiger partial charge >= 0.3 is 0 Å². The van der Waals surface area contributed by atoms with Crippen molar-refractivity contribution in [3.8, 4) is 0 Å². The van der Waals surface area contributed by atoms with Crippen molar-refractivity contribution in [3.05, 3.63) is 29.0 Å². The number of halogens is 1. The molecule has 0 aliphatic carbocycles. The van der Waals surface area contributed by atoms with Crippen LogP contribution in [-0.4, -0.2) is 27.9 Å². The van der Waals surface area contributed by atoms with Crippen LogP contribution in [0.2, 0.25) is 0 Å². The van der Waals surface area contributed by atoms with Gasteiger partial charge in [0.05, 0.1) is 12.4 Å². The number of sulfonamides is 1. The monoisotopic (exact) mass is 359 g/mol. The summed E-state index contributed by atoms with van der Waals surface area (Å²) in [5.74, 6) is 0.810. The zero-order chi connectivity index (χ0) is 14.8. The average Bonchev–Trinajstić information content (AvgIpc) is 2.75. The molecule has 2 aromatic heterocycles. The smallest absolute Gasteiger partial charge is 0.282 e. The minimum absolute atomic E-state index is 0.0202.